The van der Waals surface area contributed by atoms with Gasteiger partial charge in [0, 0.05) is 35.9 Å². The van der Waals surface area contributed by atoms with Crippen molar-refractivity contribution in [1.82, 2.24) is 15.0 Å². The first-order valence-corrected chi connectivity index (χ1v) is 9.31. The highest BCUT2D eigenvalue weighted by Crippen LogP contribution is 2.22. The Bertz CT molecular complexity index is 1040. The highest BCUT2D eigenvalue weighted by Gasteiger charge is 2.10. The van der Waals surface area contributed by atoms with Gasteiger partial charge in [0.15, 0.2) is 12.6 Å². The van der Waals surface area contributed by atoms with E-state index in [0.29, 0.717) is 35.1 Å². The number of carbonyl (C=O) groups excluding carboxylic acids is 2. The zero-order chi connectivity index (χ0) is 25.0. The highest BCUT2D eigenvalue weighted by molar-refractivity contribution is 5.87. The molecular weight excluding hydrogens is 434 g/mol. The molecule has 0 saturated heterocycles. The van der Waals surface area contributed by atoms with Crippen LogP contribution >= 0.6 is 0 Å². The monoisotopic (exact) mass is 457 g/mol. The first-order valence-electron chi connectivity index (χ1n) is 9.31. The van der Waals surface area contributed by atoms with E-state index in [0.717, 1.165) is 0 Å². The lowest BCUT2D eigenvalue weighted by Crippen LogP contribution is -1.96. The second kappa shape index (κ2) is 13.2. The molecule has 0 atom stereocenters. The van der Waals surface area contributed by atoms with Crippen LogP contribution in [-0.4, -0.2) is 59.0 Å². The predicted molar refractivity (Wildman–Crippen MR) is 115 cm³/mol. The lowest BCUT2D eigenvalue weighted by atomic mass is 10.1. The van der Waals surface area contributed by atoms with Crippen molar-refractivity contribution >= 4 is 18.5 Å². The number of pyridine rings is 3. The Morgan fingerprint density at radius 2 is 1.33 bits per heavy atom. The maximum absolute atomic E-state index is 10.5. The van der Waals surface area contributed by atoms with Crippen LogP contribution in [0.4, 0.5) is 0 Å². The van der Waals surface area contributed by atoms with Gasteiger partial charge in [-0.05, 0) is 26.0 Å². The lowest BCUT2D eigenvalue weighted by molar-refractivity contribution is 0.0696. The van der Waals surface area contributed by atoms with E-state index in [1.807, 2.05) is 0 Å². The number of hydrogen-bond acceptors (Lipinski definition) is 10. The van der Waals surface area contributed by atoms with E-state index in [1.54, 1.807) is 19.9 Å². The minimum Gasteiger partial charge on any atom is -0.505 e. The number of aryl methyl sites for hydroxylation is 2. The van der Waals surface area contributed by atoms with Crippen LogP contribution in [-0.2, 0) is 13.2 Å². The molecule has 33 heavy (non-hydrogen) atoms. The average Bonchev–Trinajstić information content (AvgIpc) is 2.83. The number of nitrogens with zero attached hydrogens (tertiary/aromatic N) is 3. The van der Waals surface area contributed by atoms with Gasteiger partial charge in [-0.1, -0.05) is 0 Å². The number of carboxylic acids is 1. The summed E-state index contributed by atoms with van der Waals surface area (Å²) in [6, 6.07) is 3.08. The van der Waals surface area contributed by atoms with Crippen molar-refractivity contribution < 1.29 is 39.9 Å². The number of carbonyl (C=O) groups is 3. The molecule has 11 heteroatoms. The van der Waals surface area contributed by atoms with Gasteiger partial charge < -0.3 is 25.5 Å². The Balaban J connectivity index is 0.000000250. The molecule has 0 radical (unpaired) electrons. The van der Waals surface area contributed by atoms with Crippen molar-refractivity contribution in [3.8, 4) is 11.5 Å². The second-order valence-corrected chi connectivity index (χ2v) is 6.36. The van der Waals surface area contributed by atoms with Crippen molar-refractivity contribution in [3.05, 3.63) is 76.1 Å². The molecule has 3 rings (SSSR count). The molecule has 0 aromatic carbocycles. The van der Waals surface area contributed by atoms with Crippen molar-refractivity contribution in [3.63, 3.8) is 0 Å². The van der Waals surface area contributed by atoms with Gasteiger partial charge in [0.2, 0.25) is 0 Å². The van der Waals surface area contributed by atoms with Gasteiger partial charge in [-0.15, -0.1) is 0 Å². The number of aromatic nitrogens is 3. The zero-order valence-corrected chi connectivity index (χ0v) is 17.8. The molecule has 0 unspecified atom stereocenters. The van der Waals surface area contributed by atoms with E-state index in [4.69, 9.17) is 15.3 Å². The second-order valence-electron chi connectivity index (χ2n) is 6.36. The molecule has 3 aromatic rings. The van der Waals surface area contributed by atoms with E-state index >= 15 is 0 Å². The molecule has 0 aliphatic heterocycles. The van der Waals surface area contributed by atoms with Gasteiger partial charge in [0.25, 0.3) is 0 Å². The van der Waals surface area contributed by atoms with Crippen LogP contribution in [0.2, 0.25) is 0 Å². The summed E-state index contributed by atoms with van der Waals surface area (Å²) < 4.78 is 0. The molecule has 0 spiro atoms. The molecule has 0 fully saturated rings. The summed E-state index contributed by atoms with van der Waals surface area (Å²) in [5, 5.41) is 44.5. The number of aromatic hydroxyl groups is 2. The number of carboxylic acid groups (broad SMARTS) is 1. The van der Waals surface area contributed by atoms with Crippen LogP contribution < -0.4 is 0 Å². The maximum atomic E-state index is 10.5. The Kier molecular flexibility index (Phi) is 10.8. The summed E-state index contributed by atoms with van der Waals surface area (Å²) in [7, 11) is 0. The molecule has 0 saturated carbocycles. The van der Waals surface area contributed by atoms with Crippen LogP contribution in [0.25, 0.3) is 0 Å². The third-order valence-corrected chi connectivity index (χ3v) is 4.20. The molecular formula is C22H23N3O8. The molecule has 3 aromatic heterocycles. The quantitative estimate of drug-likeness (QED) is 0.349. The Labute approximate surface area is 188 Å². The summed E-state index contributed by atoms with van der Waals surface area (Å²) >= 11 is 0. The number of aromatic carboxylic acids is 1. The number of rotatable bonds is 5. The van der Waals surface area contributed by atoms with Crippen LogP contribution in [0, 0.1) is 13.8 Å². The Hall–Kier alpha value is -4.22. The van der Waals surface area contributed by atoms with E-state index in [2.05, 4.69) is 15.0 Å². The fourth-order valence-electron chi connectivity index (χ4n) is 2.31. The Morgan fingerprint density at radius 3 is 1.61 bits per heavy atom. The summed E-state index contributed by atoms with van der Waals surface area (Å²) in [5.41, 5.74) is 1.90. The van der Waals surface area contributed by atoms with Crippen molar-refractivity contribution in [2.45, 2.75) is 27.1 Å². The van der Waals surface area contributed by atoms with Gasteiger partial charge in [0.05, 0.1) is 41.3 Å². The molecule has 174 valence electrons. The minimum atomic E-state index is -0.942. The van der Waals surface area contributed by atoms with E-state index in [9.17, 15) is 24.6 Å². The lowest BCUT2D eigenvalue weighted by Gasteiger charge is -2.04. The fourth-order valence-corrected chi connectivity index (χ4v) is 2.31. The highest BCUT2D eigenvalue weighted by atomic mass is 16.4. The largest absolute Gasteiger partial charge is 0.505 e. The summed E-state index contributed by atoms with van der Waals surface area (Å²) in [5.74, 6) is -1.25. The standard InChI is InChI=1S/2C8H9NO3.C6H5NO2/c2*1-5-8(12)7(4-11)6(3-10)2-9-5;8-6(9)5-2-1-3-7-4-5/h2*2,4,10,12H,3H2,1H3;1-4H,(H,8,9). The molecule has 3 heterocycles. The van der Waals surface area contributed by atoms with Gasteiger partial charge in [-0.25, -0.2) is 4.79 Å². The minimum absolute atomic E-state index is 0.116. The molecule has 0 aliphatic carbocycles. The predicted octanol–water partition coefficient (Wildman–Crippen LogP) is 1.58. The first kappa shape index (κ1) is 26.8. The first-order chi connectivity index (χ1) is 15.7. The van der Waals surface area contributed by atoms with Crippen LogP contribution in [0.5, 0.6) is 11.5 Å². The number of aliphatic hydroxyl groups excluding tert-OH is 2. The summed E-state index contributed by atoms with van der Waals surface area (Å²) in [6.45, 7) is 2.58. The normalized spacial score (nSPS) is 9.58. The smallest absolute Gasteiger partial charge is 0.337 e. The number of aliphatic hydroxyl groups is 2. The molecule has 0 aliphatic rings. The SMILES string of the molecule is Cc1ncc(CO)c(C=O)c1O.Cc1ncc(CO)c(C=O)c1O.O=C(O)c1cccnc1. The van der Waals surface area contributed by atoms with Crippen LogP contribution in [0.15, 0.2) is 36.9 Å². The molecule has 11 nitrogen and oxygen atoms in total. The number of aldehydes is 2. The third kappa shape index (κ3) is 7.45. The molecule has 5 N–H and O–H groups in total. The average molecular weight is 457 g/mol. The zero-order valence-electron chi connectivity index (χ0n) is 17.8. The third-order valence-electron chi connectivity index (χ3n) is 4.20. The molecule has 0 bridgehead atoms. The van der Waals surface area contributed by atoms with E-state index < -0.39 is 5.97 Å². The summed E-state index contributed by atoms with van der Waals surface area (Å²) in [4.78, 5) is 42.3. The van der Waals surface area contributed by atoms with Gasteiger partial charge in [-0.3, -0.25) is 24.5 Å². The van der Waals surface area contributed by atoms with Crippen molar-refractivity contribution in [2.24, 2.45) is 0 Å². The number of hydrogen-bond donors (Lipinski definition) is 5. The maximum Gasteiger partial charge on any atom is 0.337 e. The van der Waals surface area contributed by atoms with Crippen molar-refractivity contribution in [1.29, 1.82) is 0 Å². The Morgan fingerprint density at radius 1 is 0.879 bits per heavy atom. The van der Waals surface area contributed by atoms with Gasteiger partial charge in [-0.2, -0.15) is 0 Å². The van der Waals surface area contributed by atoms with Crippen LogP contribution in [0.3, 0.4) is 0 Å². The van der Waals surface area contributed by atoms with Gasteiger partial charge >= 0.3 is 5.97 Å². The topological polar surface area (TPSA) is 191 Å². The van der Waals surface area contributed by atoms with E-state index in [1.165, 1.54) is 30.9 Å². The van der Waals surface area contributed by atoms with Crippen molar-refractivity contribution in [2.75, 3.05) is 0 Å². The van der Waals surface area contributed by atoms with Gasteiger partial charge in [0.1, 0.15) is 11.5 Å². The fraction of sp³-hybridized carbons (Fsp3) is 0.182. The summed E-state index contributed by atoms with van der Waals surface area (Å²) in [6.07, 6.45) is 6.61. The van der Waals surface area contributed by atoms with E-state index in [-0.39, 0.29) is 41.4 Å². The molecule has 0 amide bonds. The van der Waals surface area contributed by atoms with Crippen LogP contribution in [0.1, 0.15) is 53.6 Å².